The number of fused-ring (bicyclic) bond motifs is 1. The number of hydrogen-bond donors (Lipinski definition) is 2. The van der Waals surface area contributed by atoms with E-state index in [1.54, 1.807) is 48.7 Å². The summed E-state index contributed by atoms with van der Waals surface area (Å²) >= 11 is 0. The van der Waals surface area contributed by atoms with Crippen LogP contribution in [0.3, 0.4) is 0 Å². The number of H-pyrrole nitrogens is 1. The van der Waals surface area contributed by atoms with Crippen molar-refractivity contribution in [2.75, 3.05) is 19.1 Å². The number of anilines is 1. The average Bonchev–Trinajstić information content (AvgIpc) is 3.47. The van der Waals surface area contributed by atoms with E-state index in [-0.39, 0.29) is 11.3 Å². The number of amides is 1. The number of nitriles is 1. The first kappa shape index (κ1) is 22.7. The molecule has 1 amide bonds. The monoisotopic (exact) mass is 479 g/mol. The average molecular weight is 479 g/mol. The minimum atomic E-state index is -0.952. The molecule has 8 heteroatoms. The Bertz CT molecular complexity index is 1580. The van der Waals surface area contributed by atoms with Crippen LogP contribution in [0.5, 0.6) is 11.5 Å². The third-order valence-electron chi connectivity index (χ3n) is 6.29. The summed E-state index contributed by atoms with van der Waals surface area (Å²) in [6.45, 7) is 0. The number of aromatic amines is 1. The van der Waals surface area contributed by atoms with Gasteiger partial charge >= 0.3 is 0 Å². The lowest BCUT2D eigenvalue weighted by molar-refractivity contribution is -0.132. The molecule has 0 aliphatic carbocycles. The van der Waals surface area contributed by atoms with E-state index in [2.05, 4.69) is 4.98 Å². The van der Waals surface area contributed by atoms with E-state index in [4.69, 9.17) is 9.47 Å². The van der Waals surface area contributed by atoms with E-state index in [9.17, 15) is 20.0 Å². The van der Waals surface area contributed by atoms with E-state index in [1.807, 2.05) is 30.3 Å². The molecule has 36 heavy (non-hydrogen) atoms. The number of carbonyl (C=O) groups excluding carboxylic acids is 2. The number of nitrogens with zero attached hydrogens (tertiary/aromatic N) is 2. The smallest absolute Gasteiger partial charge is 0.300 e. The standard InChI is InChI=1S/C28H21N3O5/c1-35-22-12-9-17(13-23(22)36-2)25-24(26(32)20-15-30-21-6-4-3-5-19(20)21)27(33)28(34)31(25)18-10-7-16(14-29)8-11-18/h3-13,15,25,30,32H,1-2H3/b26-24-. The van der Waals surface area contributed by atoms with E-state index >= 15 is 0 Å². The number of nitrogens with one attached hydrogen (secondary N) is 1. The summed E-state index contributed by atoms with van der Waals surface area (Å²) in [5, 5.41) is 21.4. The largest absolute Gasteiger partial charge is 0.507 e. The minimum absolute atomic E-state index is 0.0543. The van der Waals surface area contributed by atoms with Gasteiger partial charge in [-0.25, -0.2) is 0 Å². The summed E-state index contributed by atoms with van der Waals surface area (Å²) in [5.41, 5.74) is 2.50. The van der Waals surface area contributed by atoms with Crippen LogP contribution in [0.25, 0.3) is 16.7 Å². The second kappa shape index (κ2) is 8.96. The third-order valence-corrected chi connectivity index (χ3v) is 6.29. The highest BCUT2D eigenvalue weighted by Gasteiger charge is 2.47. The van der Waals surface area contributed by atoms with Gasteiger partial charge in [0, 0.05) is 28.4 Å². The summed E-state index contributed by atoms with van der Waals surface area (Å²) < 4.78 is 10.8. The molecule has 1 atom stereocenters. The molecule has 0 bridgehead atoms. The Morgan fingerprint density at radius 1 is 1.00 bits per heavy atom. The third kappa shape index (κ3) is 3.54. The quantitative estimate of drug-likeness (QED) is 0.244. The number of para-hydroxylation sites is 1. The highest BCUT2D eigenvalue weighted by Crippen LogP contribution is 2.44. The molecular weight excluding hydrogens is 458 g/mol. The number of benzene rings is 3. The molecule has 8 nitrogen and oxygen atoms in total. The van der Waals surface area contributed by atoms with Crippen molar-refractivity contribution < 1.29 is 24.2 Å². The second-order valence-corrected chi connectivity index (χ2v) is 8.19. The van der Waals surface area contributed by atoms with Crippen LogP contribution in [0.2, 0.25) is 0 Å². The summed E-state index contributed by atoms with van der Waals surface area (Å²) in [5.74, 6) is -1.01. The number of aliphatic hydroxyl groups excluding tert-OH is 1. The van der Waals surface area contributed by atoms with Crippen LogP contribution in [0, 0.1) is 11.3 Å². The van der Waals surface area contributed by atoms with Crippen molar-refractivity contribution in [3.63, 3.8) is 0 Å². The van der Waals surface area contributed by atoms with E-state index in [0.717, 1.165) is 5.52 Å². The van der Waals surface area contributed by atoms with Gasteiger partial charge in [0.25, 0.3) is 11.7 Å². The Morgan fingerprint density at radius 2 is 1.72 bits per heavy atom. The highest BCUT2D eigenvalue weighted by molar-refractivity contribution is 6.51. The number of ether oxygens (including phenoxy) is 2. The number of ketones is 1. The van der Waals surface area contributed by atoms with Gasteiger partial charge in [-0.1, -0.05) is 24.3 Å². The highest BCUT2D eigenvalue weighted by atomic mass is 16.5. The predicted octanol–water partition coefficient (Wildman–Crippen LogP) is 4.68. The second-order valence-electron chi connectivity index (χ2n) is 8.19. The van der Waals surface area contributed by atoms with E-state index in [0.29, 0.717) is 39.3 Å². The molecule has 3 aromatic carbocycles. The molecule has 1 aliphatic heterocycles. The molecule has 5 rings (SSSR count). The van der Waals surface area contributed by atoms with E-state index < -0.39 is 17.7 Å². The molecule has 4 aromatic rings. The Kier molecular flexibility index (Phi) is 5.66. The molecule has 1 aromatic heterocycles. The number of rotatable bonds is 5. The predicted molar refractivity (Wildman–Crippen MR) is 134 cm³/mol. The van der Waals surface area contributed by atoms with Crippen molar-refractivity contribution in [3.05, 3.63) is 95.2 Å². The number of aromatic nitrogens is 1. The summed E-state index contributed by atoms with van der Waals surface area (Å²) in [6, 6.07) is 19.9. The van der Waals surface area contributed by atoms with Crippen LogP contribution in [0.1, 0.15) is 22.7 Å². The fraction of sp³-hybridized carbons (Fsp3) is 0.107. The van der Waals surface area contributed by atoms with Gasteiger partial charge in [0.1, 0.15) is 5.76 Å². The van der Waals surface area contributed by atoms with Crippen molar-refractivity contribution >= 4 is 34.0 Å². The summed E-state index contributed by atoms with van der Waals surface area (Å²) in [6.07, 6.45) is 1.61. The molecule has 1 unspecified atom stereocenters. The van der Waals surface area contributed by atoms with Gasteiger partial charge < -0.3 is 19.6 Å². The van der Waals surface area contributed by atoms with Crippen molar-refractivity contribution in [3.8, 4) is 17.6 Å². The van der Waals surface area contributed by atoms with E-state index in [1.165, 1.54) is 19.1 Å². The van der Waals surface area contributed by atoms with Crippen molar-refractivity contribution in [1.29, 1.82) is 5.26 Å². The zero-order valence-electron chi connectivity index (χ0n) is 19.5. The number of hydrogen-bond acceptors (Lipinski definition) is 6. The molecular formula is C28H21N3O5. The maximum Gasteiger partial charge on any atom is 0.300 e. The van der Waals surface area contributed by atoms with Gasteiger partial charge in [-0.15, -0.1) is 0 Å². The van der Waals surface area contributed by atoms with Gasteiger partial charge in [-0.2, -0.15) is 5.26 Å². The normalized spacial score (nSPS) is 16.8. The van der Waals surface area contributed by atoms with Crippen LogP contribution in [-0.4, -0.2) is 36.0 Å². The maximum absolute atomic E-state index is 13.4. The van der Waals surface area contributed by atoms with Crippen molar-refractivity contribution in [1.82, 2.24) is 4.98 Å². The molecule has 1 saturated heterocycles. The lowest BCUT2D eigenvalue weighted by Crippen LogP contribution is -2.29. The van der Waals surface area contributed by atoms with Crippen LogP contribution in [-0.2, 0) is 9.59 Å². The maximum atomic E-state index is 13.4. The topological polar surface area (TPSA) is 116 Å². The Morgan fingerprint density at radius 3 is 2.42 bits per heavy atom. The molecule has 0 spiro atoms. The number of Topliss-reactive ketones (excluding diaryl/α,β-unsaturated/α-hetero) is 1. The SMILES string of the molecule is COc1ccc(C2/C(=C(/O)c3c[nH]c4ccccc34)C(=O)C(=O)N2c2ccc(C#N)cc2)cc1OC. The first-order valence-electron chi connectivity index (χ1n) is 11.1. The Balaban J connectivity index is 1.76. The molecule has 2 N–H and O–H groups in total. The van der Waals surface area contributed by atoms with Crippen molar-refractivity contribution in [2.24, 2.45) is 0 Å². The Labute approximate surface area is 206 Å². The fourth-order valence-electron chi connectivity index (χ4n) is 4.55. The van der Waals surface area contributed by atoms with Crippen LogP contribution in [0.4, 0.5) is 5.69 Å². The van der Waals surface area contributed by atoms with Crippen LogP contribution in [0.15, 0.2) is 78.5 Å². The molecule has 1 fully saturated rings. The summed E-state index contributed by atoms with van der Waals surface area (Å²) in [4.78, 5) is 31.2. The van der Waals surface area contributed by atoms with Crippen molar-refractivity contribution in [2.45, 2.75) is 6.04 Å². The number of carbonyl (C=O) groups is 2. The zero-order chi connectivity index (χ0) is 25.4. The minimum Gasteiger partial charge on any atom is -0.507 e. The van der Waals surface area contributed by atoms with Crippen LogP contribution >= 0.6 is 0 Å². The summed E-state index contributed by atoms with van der Waals surface area (Å²) in [7, 11) is 3.00. The molecule has 0 radical (unpaired) electrons. The van der Waals surface area contributed by atoms with Gasteiger partial charge in [0.05, 0.1) is 37.5 Å². The fourth-order valence-corrected chi connectivity index (χ4v) is 4.55. The van der Waals surface area contributed by atoms with Crippen LogP contribution < -0.4 is 14.4 Å². The number of methoxy groups -OCH3 is 2. The zero-order valence-corrected chi connectivity index (χ0v) is 19.5. The lowest BCUT2D eigenvalue weighted by atomic mass is 9.94. The first-order valence-corrected chi connectivity index (χ1v) is 11.1. The molecule has 0 saturated carbocycles. The van der Waals surface area contributed by atoms with Gasteiger partial charge in [-0.3, -0.25) is 14.5 Å². The first-order chi connectivity index (χ1) is 17.5. The molecule has 2 heterocycles. The van der Waals surface area contributed by atoms with Gasteiger partial charge in [-0.05, 0) is 48.0 Å². The Hall–Kier alpha value is -5.03. The molecule has 1 aliphatic rings. The number of aliphatic hydroxyl groups is 1. The van der Waals surface area contributed by atoms with Gasteiger partial charge in [0.2, 0.25) is 0 Å². The molecule has 178 valence electrons. The van der Waals surface area contributed by atoms with Gasteiger partial charge in [0.15, 0.2) is 11.5 Å². The lowest BCUT2D eigenvalue weighted by Gasteiger charge is -2.26.